The summed E-state index contributed by atoms with van der Waals surface area (Å²) in [6.45, 7) is 2.61. The number of aliphatic hydroxyl groups excluding tert-OH is 1. The highest BCUT2D eigenvalue weighted by atomic mass is 32.2. The van der Waals surface area contributed by atoms with Crippen molar-refractivity contribution in [3.8, 4) is 0 Å². The molecule has 0 radical (unpaired) electrons. The van der Waals surface area contributed by atoms with Crippen LogP contribution >= 0.6 is 11.8 Å². The molecular weight excluding hydrogens is 222 g/mol. The Labute approximate surface area is 99.9 Å². The van der Waals surface area contributed by atoms with Crippen molar-refractivity contribution in [2.45, 2.75) is 37.1 Å². The fraction of sp³-hybridized carbons (Fsp3) is 0.636. The van der Waals surface area contributed by atoms with Crippen molar-refractivity contribution in [1.82, 2.24) is 15.3 Å². The average Bonchev–Trinajstić information content (AvgIpc) is 3.07. The van der Waals surface area contributed by atoms with Crippen molar-refractivity contribution >= 4 is 11.8 Å². The molecule has 1 aliphatic carbocycles. The topological polar surface area (TPSA) is 58.0 Å². The van der Waals surface area contributed by atoms with Gasteiger partial charge in [-0.25, -0.2) is 9.97 Å². The van der Waals surface area contributed by atoms with Crippen molar-refractivity contribution in [2.24, 2.45) is 0 Å². The maximum Gasteiger partial charge on any atom is 0.187 e. The maximum atomic E-state index is 9.72. The van der Waals surface area contributed by atoms with E-state index < -0.39 is 0 Å². The molecule has 1 aromatic heterocycles. The summed E-state index contributed by atoms with van der Waals surface area (Å²) < 4.78 is 0. The van der Waals surface area contributed by atoms with Crippen LogP contribution in [0.25, 0.3) is 0 Å². The molecule has 0 bridgehead atoms. The SMILES string of the molecule is Cc1ccnc(SCC(O)CNC2CC2)n1. The summed E-state index contributed by atoms with van der Waals surface area (Å²) in [4.78, 5) is 8.41. The molecule has 1 heterocycles. The van der Waals surface area contributed by atoms with Crippen LogP contribution in [0.3, 0.4) is 0 Å². The molecule has 4 nitrogen and oxygen atoms in total. The average molecular weight is 239 g/mol. The van der Waals surface area contributed by atoms with Crippen LogP contribution in [0, 0.1) is 6.92 Å². The van der Waals surface area contributed by atoms with Gasteiger partial charge in [-0.3, -0.25) is 0 Å². The predicted molar refractivity (Wildman–Crippen MR) is 64.5 cm³/mol. The van der Waals surface area contributed by atoms with Crippen LogP contribution in [0.1, 0.15) is 18.5 Å². The Morgan fingerprint density at radius 3 is 3.12 bits per heavy atom. The summed E-state index contributed by atoms with van der Waals surface area (Å²) in [6.07, 6.45) is 3.93. The fourth-order valence-electron chi connectivity index (χ4n) is 1.32. The van der Waals surface area contributed by atoms with Gasteiger partial charge in [0.05, 0.1) is 6.10 Å². The molecule has 0 spiro atoms. The number of aliphatic hydroxyl groups is 1. The molecule has 0 aliphatic heterocycles. The van der Waals surface area contributed by atoms with E-state index in [2.05, 4.69) is 15.3 Å². The van der Waals surface area contributed by atoms with E-state index in [-0.39, 0.29) is 6.10 Å². The zero-order valence-electron chi connectivity index (χ0n) is 9.39. The van der Waals surface area contributed by atoms with E-state index in [0.717, 1.165) is 10.9 Å². The number of aromatic nitrogens is 2. The standard InChI is InChI=1S/C11H17N3OS/c1-8-4-5-12-11(14-8)16-7-10(15)6-13-9-2-3-9/h4-5,9-10,13,15H,2-3,6-7H2,1H3. The molecule has 0 saturated heterocycles. The summed E-state index contributed by atoms with van der Waals surface area (Å²) in [6, 6.07) is 2.52. The van der Waals surface area contributed by atoms with Gasteiger partial charge < -0.3 is 10.4 Å². The predicted octanol–water partition coefficient (Wildman–Crippen LogP) is 0.990. The molecule has 0 aromatic carbocycles. The van der Waals surface area contributed by atoms with Gasteiger partial charge in [-0.15, -0.1) is 0 Å². The van der Waals surface area contributed by atoms with Crippen molar-refractivity contribution in [1.29, 1.82) is 0 Å². The van der Waals surface area contributed by atoms with Crippen LogP contribution in [0.2, 0.25) is 0 Å². The van der Waals surface area contributed by atoms with Gasteiger partial charge in [0, 0.05) is 30.2 Å². The number of rotatable bonds is 6. The first-order valence-corrected chi connectivity index (χ1v) is 6.56. The lowest BCUT2D eigenvalue weighted by molar-refractivity contribution is 0.195. The van der Waals surface area contributed by atoms with Gasteiger partial charge in [0.1, 0.15) is 0 Å². The first-order chi connectivity index (χ1) is 7.74. The van der Waals surface area contributed by atoms with Crippen molar-refractivity contribution in [3.63, 3.8) is 0 Å². The van der Waals surface area contributed by atoms with Gasteiger partial charge in [-0.2, -0.15) is 0 Å². The van der Waals surface area contributed by atoms with E-state index in [1.165, 1.54) is 24.6 Å². The number of nitrogens with one attached hydrogen (secondary N) is 1. The maximum absolute atomic E-state index is 9.72. The summed E-state index contributed by atoms with van der Waals surface area (Å²) in [5.74, 6) is 0.642. The minimum Gasteiger partial charge on any atom is -0.391 e. The van der Waals surface area contributed by atoms with Crippen LogP contribution in [0.15, 0.2) is 17.4 Å². The highest BCUT2D eigenvalue weighted by Gasteiger charge is 2.21. The van der Waals surface area contributed by atoms with Crippen LogP contribution in [0.5, 0.6) is 0 Å². The second-order valence-electron chi connectivity index (χ2n) is 4.13. The molecule has 5 heteroatoms. The van der Waals surface area contributed by atoms with Gasteiger partial charge in [0.25, 0.3) is 0 Å². The molecule has 1 fully saturated rings. The van der Waals surface area contributed by atoms with Gasteiger partial charge in [-0.1, -0.05) is 11.8 Å². The van der Waals surface area contributed by atoms with E-state index in [9.17, 15) is 5.11 Å². The Morgan fingerprint density at radius 1 is 1.62 bits per heavy atom. The first-order valence-electron chi connectivity index (χ1n) is 5.58. The van der Waals surface area contributed by atoms with Gasteiger partial charge in [-0.05, 0) is 25.8 Å². The van der Waals surface area contributed by atoms with Crippen molar-refractivity contribution in [2.75, 3.05) is 12.3 Å². The molecular formula is C11H17N3OS. The van der Waals surface area contributed by atoms with Crippen LogP contribution in [0.4, 0.5) is 0 Å². The molecule has 1 aliphatic rings. The molecule has 1 atom stereocenters. The largest absolute Gasteiger partial charge is 0.391 e. The van der Waals surface area contributed by atoms with Gasteiger partial charge >= 0.3 is 0 Å². The minimum absolute atomic E-state index is 0.324. The monoisotopic (exact) mass is 239 g/mol. The molecule has 16 heavy (non-hydrogen) atoms. The van der Waals surface area contributed by atoms with E-state index >= 15 is 0 Å². The van der Waals surface area contributed by atoms with Crippen molar-refractivity contribution < 1.29 is 5.11 Å². The second-order valence-corrected chi connectivity index (χ2v) is 5.12. The lowest BCUT2D eigenvalue weighted by Crippen LogP contribution is -2.29. The Balaban J connectivity index is 1.69. The molecule has 1 aromatic rings. The molecule has 2 rings (SSSR count). The summed E-state index contributed by atoms with van der Waals surface area (Å²) >= 11 is 1.50. The van der Waals surface area contributed by atoms with Crippen molar-refractivity contribution in [3.05, 3.63) is 18.0 Å². The summed E-state index contributed by atoms with van der Waals surface area (Å²) in [5.41, 5.74) is 0.961. The number of thioether (sulfide) groups is 1. The van der Waals surface area contributed by atoms with Crippen LogP contribution in [-0.4, -0.2) is 39.5 Å². The van der Waals surface area contributed by atoms with E-state index in [1.807, 2.05) is 13.0 Å². The zero-order valence-corrected chi connectivity index (χ0v) is 10.2. The minimum atomic E-state index is -0.324. The zero-order chi connectivity index (χ0) is 11.4. The molecule has 88 valence electrons. The van der Waals surface area contributed by atoms with E-state index in [0.29, 0.717) is 18.3 Å². The third-order valence-corrected chi connectivity index (χ3v) is 3.40. The lowest BCUT2D eigenvalue weighted by Gasteiger charge is -2.10. The van der Waals surface area contributed by atoms with Crippen LogP contribution in [-0.2, 0) is 0 Å². The molecule has 2 N–H and O–H groups in total. The third kappa shape index (κ3) is 4.08. The van der Waals surface area contributed by atoms with Gasteiger partial charge in [0.2, 0.25) is 0 Å². The highest BCUT2D eigenvalue weighted by Crippen LogP contribution is 2.19. The normalized spacial score (nSPS) is 17.4. The number of hydrogen-bond donors (Lipinski definition) is 2. The number of aryl methyl sites for hydroxylation is 1. The second kappa shape index (κ2) is 5.61. The van der Waals surface area contributed by atoms with Gasteiger partial charge in [0.15, 0.2) is 5.16 Å². The molecule has 1 saturated carbocycles. The lowest BCUT2D eigenvalue weighted by atomic mass is 10.4. The Bertz CT molecular complexity index is 344. The third-order valence-electron chi connectivity index (χ3n) is 2.40. The number of nitrogens with zero attached hydrogens (tertiary/aromatic N) is 2. The Kier molecular flexibility index (Phi) is 4.15. The molecule has 1 unspecified atom stereocenters. The molecule has 0 amide bonds. The number of hydrogen-bond acceptors (Lipinski definition) is 5. The highest BCUT2D eigenvalue weighted by molar-refractivity contribution is 7.99. The summed E-state index contributed by atoms with van der Waals surface area (Å²) in [7, 11) is 0. The fourth-order valence-corrected chi connectivity index (χ4v) is 2.12. The van der Waals surface area contributed by atoms with E-state index in [1.54, 1.807) is 6.20 Å². The Hall–Kier alpha value is -0.650. The Morgan fingerprint density at radius 2 is 2.44 bits per heavy atom. The summed E-state index contributed by atoms with van der Waals surface area (Å²) in [5, 5.41) is 13.8. The first kappa shape index (κ1) is 11.8. The van der Waals surface area contributed by atoms with E-state index in [4.69, 9.17) is 0 Å². The smallest absolute Gasteiger partial charge is 0.187 e. The van der Waals surface area contributed by atoms with Crippen LogP contribution < -0.4 is 5.32 Å². The quantitative estimate of drug-likeness (QED) is 0.573.